The van der Waals surface area contributed by atoms with Gasteiger partial charge in [-0.3, -0.25) is 0 Å². The van der Waals surface area contributed by atoms with Crippen LogP contribution in [0.3, 0.4) is 0 Å². The lowest BCUT2D eigenvalue weighted by Crippen LogP contribution is -2.24. The molecule has 1 heterocycles. The van der Waals surface area contributed by atoms with E-state index >= 15 is 4.39 Å². The van der Waals surface area contributed by atoms with Crippen molar-refractivity contribution >= 4 is 33.2 Å². The molecule has 0 saturated carbocycles. The van der Waals surface area contributed by atoms with E-state index in [0.29, 0.717) is 29.0 Å². The zero-order valence-electron chi connectivity index (χ0n) is 14.0. The zero-order valence-corrected chi connectivity index (χ0v) is 15.5. The summed E-state index contributed by atoms with van der Waals surface area (Å²) in [4.78, 5) is 4.41. The summed E-state index contributed by atoms with van der Waals surface area (Å²) in [6.07, 6.45) is 13.5. The van der Waals surface area contributed by atoms with Gasteiger partial charge in [-0.05, 0) is 36.1 Å². The molecule has 0 fully saturated rings. The molecule has 2 aliphatic rings. The zero-order chi connectivity index (χ0) is 18.1. The Labute approximate surface area is 160 Å². The molecule has 6 heteroatoms. The molecule has 4 rings (SSSR count). The average molecular weight is 389 g/mol. The summed E-state index contributed by atoms with van der Waals surface area (Å²) < 4.78 is 16.4. The minimum Gasteiger partial charge on any atom is -0.316 e. The third-order valence-corrected chi connectivity index (χ3v) is 5.84. The van der Waals surface area contributed by atoms with Crippen molar-refractivity contribution in [2.24, 2.45) is 0 Å². The van der Waals surface area contributed by atoms with Crippen LogP contribution in [0.25, 0.3) is 10.2 Å². The Morgan fingerprint density at radius 1 is 1.35 bits per heavy atom. The molecule has 2 aliphatic carbocycles. The van der Waals surface area contributed by atoms with E-state index in [1.165, 1.54) is 11.3 Å². The van der Waals surface area contributed by atoms with Crippen LogP contribution in [-0.2, 0) is 6.42 Å². The second-order valence-corrected chi connectivity index (χ2v) is 7.87. The summed E-state index contributed by atoms with van der Waals surface area (Å²) in [6.45, 7) is 0. The van der Waals surface area contributed by atoms with Gasteiger partial charge in [-0.15, -0.1) is 11.3 Å². The van der Waals surface area contributed by atoms with E-state index in [4.69, 9.17) is 16.8 Å². The Bertz CT molecular complexity index is 960. The summed E-state index contributed by atoms with van der Waals surface area (Å²) in [6, 6.07) is 1.82. The van der Waals surface area contributed by atoms with Gasteiger partial charge in [0.1, 0.15) is 5.82 Å². The normalized spacial score (nSPS) is 22.6. The number of rotatable bonds is 4. The molecule has 0 radical (unpaired) electrons. The van der Waals surface area contributed by atoms with E-state index < -0.39 is 0 Å². The van der Waals surface area contributed by atoms with Crippen LogP contribution >= 0.6 is 22.9 Å². The Kier molecular flexibility index (Phi) is 5.05. The molecule has 2 aromatic rings. The van der Waals surface area contributed by atoms with Gasteiger partial charge in [-0.2, -0.15) is 5.48 Å². The van der Waals surface area contributed by atoms with Crippen LogP contribution in [0.2, 0.25) is 0 Å². The van der Waals surface area contributed by atoms with Gasteiger partial charge in [-0.1, -0.05) is 42.0 Å². The number of thiazole rings is 1. The molecule has 0 saturated heterocycles. The lowest BCUT2D eigenvalue weighted by Gasteiger charge is -2.19. The molecule has 0 aliphatic heterocycles. The molecule has 3 nitrogen and oxygen atoms in total. The number of nitrogens with zero attached hydrogens (tertiary/aromatic N) is 1. The van der Waals surface area contributed by atoms with Gasteiger partial charge in [0.2, 0.25) is 0 Å². The third-order valence-electron chi connectivity index (χ3n) is 4.81. The Balaban J connectivity index is 1.73. The smallest absolute Gasteiger partial charge is 0.132 e. The van der Waals surface area contributed by atoms with Crippen LogP contribution in [-0.4, -0.2) is 16.2 Å². The molecule has 2 unspecified atom stereocenters. The highest BCUT2D eigenvalue weighted by molar-refractivity contribution is 7.16. The average Bonchev–Trinajstić information content (AvgIpc) is 3.11. The maximum atomic E-state index is 15.5. The van der Waals surface area contributed by atoms with Gasteiger partial charge in [0.05, 0.1) is 21.8 Å². The van der Waals surface area contributed by atoms with Crippen molar-refractivity contribution < 1.29 is 9.60 Å². The monoisotopic (exact) mass is 388 g/mol. The quantitative estimate of drug-likeness (QED) is 0.691. The van der Waals surface area contributed by atoms with Gasteiger partial charge in [0.25, 0.3) is 0 Å². The fourth-order valence-electron chi connectivity index (χ4n) is 3.48. The second kappa shape index (κ2) is 7.45. The van der Waals surface area contributed by atoms with Gasteiger partial charge >= 0.3 is 0 Å². The van der Waals surface area contributed by atoms with Crippen LogP contribution < -0.4 is 5.48 Å². The topological polar surface area (TPSA) is 45.1 Å². The number of hydrogen-bond donors (Lipinski definition) is 2. The summed E-state index contributed by atoms with van der Waals surface area (Å²) >= 11 is 7.68. The van der Waals surface area contributed by atoms with E-state index in [1.807, 2.05) is 42.5 Å². The molecule has 1 aromatic heterocycles. The van der Waals surface area contributed by atoms with E-state index in [0.717, 1.165) is 22.2 Å². The van der Waals surface area contributed by atoms with Crippen molar-refractivity contribution in [3.05, 3.63) is 75.6 Å². The van der Waals surface area contributed by atoms with Crippen LogP contribution in [0.1, 0.15) is 29.9 Å². The first-order valence-electron chi connectivity index (χ1n) is 8.51. The first kappa shape index (κ1) is 17.6. The molecule has 2 atom stereocenters. The van der Waals surface area contributed by atoms with Crippen molar-refractivity contribution in [2.75, 3.05) is 0 Å². The maximum absolute atomic E-state index is 15.5. The minimum atomic E-state index is -0.193. The number of hydroxylamine groups is 1. The number of halogens is 2. The van der Waals surface area contributed by atoms with E-state index in [9.17, 15) is 0 Å². The summed E-state index contributed by atoms with van der Waals surface area (Å²) in [5, 5.41) is 9.62. The van der Waals surface area contributed by atoms with Crippen molar-refractivity contribution in [2.45, 2.75) is 31.2 Å². The van der Waals surface area contributed by atoms with Gasteiger partial charge < -0.3 is 5.21 Å². The number of hydrogen-bond acceptors (Lipinski definition) is 4. The van der Waals surface area contributed by atoms with Crippen molar-refractivity contribution in [1.82, 2.24) is 10.5 Å². The predicted octanol–water partition coefficient (Wildman–Crippen LogP) is 5.38. The molecule has 2 N–H and O–H groups in total. The SMILES string of the molecule is ONC1C=CC(Cc2cc3scnc3c(C3C=C(Cl)C=CC3)c2F)=CC1. The van der Waals surface area contributed by atoms with E-state index in [-0.39, 0.29) is 17.8 Å². The van der Waals surface area contributed by atoms with Crippen molar-refractivity contribution in [3.8, 4) is 0 Å². The fraction of sp³-hybridized carbons (Fsp3) is 0.250. The fourth-order valence-corrected chi connectivity index (χ4v) is 4.48. The van der Waals surface area contributed by atoms with E-state index in [2.05, 4.69) is 10.5 Å². The number of fused-ring (bicyclic) bond motifs is 1. The summed E-state index contributed by atoms with van der Waals surface area (Å²) in [7, 11) is 0. The van der Waals surface area contributed by atoms with Gasteiger partial charge in [-0.25, -0.2) is 9.37 Å². The first-order chi connectivity index (χ1) is 12.7. The minimum absolute atomic E-state index is 0.0792. The first-order valence-corrected chi connectivity index (χ1v) is 9.76. The predicted molar refractivity (Wildman–Crippen MR) is 104 cm³/mol. The highest BCUT2D eigenvalue weighted by Crippen LogP contribution is 2.38. The molecule has 0 bridgehead atoms. The lowest BCUT2D eigenvalue weighted by molar-refractivity contribution is 0.143. The van der Waals surface area contributed by atoms with Crippen molar-refractivity contribution in [3.63, 3.8) is 0 Å². The Morgan fingerprint density at radius 2 is 2.23 bits per heavy atom. The number of nitrogens with one attached hydrogen (secondary N) is 1. The standard InChI is InChI=1S/C20H18ClFN2OS/c21-15-3-1-2-13(9-15)18-19(22)14(10-17-20(18)23-11-26-17)8-12-4-6-16(24-25)7-5-12/h1,3-6,9-11,13,16,24-25H,2,7-8H2. The largest absolute Gasteiger partial charge is 0.316 e. The third kappa shape index (κ3) is 3.40. The second-order valence-electron chi connectivity index (χ2n) is 6.54. The van der Waals surface area contributed by atoms with Gasteiger partial charge in [0.15, 0.2) is 0 Å². The molecule has 134 valence electrons. The Morgan fingerprint density at radius 3 is 2.96 bits per heavy atom. The number of benzene rings is 1. The molecule has 0 spiro atoms. The molecular formula is C20H18ClFN2OS. The highest BCUT2D eigenvalue weighted by Gasteiger charge is 2.23. The number of aromatic nitrogens is 1. The highest BCUT2D eigenvalue weighted by atomic mass is 35.5. The molecular weight excluding hydrogens is 371 g/mol. The molecule has 1 aromatic carbocycles. The Hall–Kier alpha value is -1.79. The van der Waals surface area contributed by atoms with Crippen LogP contribution in [0.4, 0.5) is 4.39 Å². The summed E-state index contributed by atoms with van der Waals surface area (Å²) in [5.41, 5.74) is 7.08. The van der Waals surface area contributed by atoms with Crippen LogP contribution in [0.15, 0.2) is 58.6 Å². The maximum Gasteiger partial charge on any atom is 0.132 e. The van der Waals surface area contributed by atoms with Crippen LogP contribution in [0.5, 0.6) is 0 Å². The van der Waals surface area contributed by atoms with E-state index in [1.54, 1.807) is 5.51 Å². The summed E-state index contributed by atoms with van der Waals surface area (Å²) in [5.74, 6) is -0.294. The molecule has 26 heavy (non-hydrogen) atoms. The van der Waals surface area contributed by atoms with Crippen LogP contribution in [0, 0.1) is 5.82 Å². The van der Waals surface area contributed by atoms with Crippen molar-refractivity contribution in [1.29, 1.82) is 0 Å². The molecule has 0 amide bonds. The number of allylic oxidation sites excluding steroid dienone is 6. The van der Waals surface area contributed by atoms with Gasteiger partial charge in [0, 0.05) is 22.9 Å². The lowest BCUT2D eigenvalue weighted by atomic mass is 9.88.